The lowest BCUT2D eigenvalue weighted by Gasteiger charge is -2.26. The standard InChI is InChI=1S/C19H23ClN2O3/c1-4-12-8-17-14(10-15(12)20)13(9-18(23)25-17)11-22-7-5-6-16(22)19(24)21(2)3/h8-10,16H,4-7,11H2,1-3H3/t16-/m1/s1. The molecule has 0 bridgehead atoms. The first-order valence-electron chi connectivity index (χ1n) is 8.61. The topological polar surface area (TPSA) is 53.8 Å². The molecule has 0 spiro atoms. The SMILES string of the molecule is CCc1cc2oc(=O)cc(CN3CCC[C@@H]3C(=O)N(C)C)c2cc1Cl. The van der Waals surface area contributed by atoms with Gasteiger partial charge in [-0.3, -0.25) is 9.69 Å². The van der Waals surface area contributed by atoms with Crippen LogP contribution < -0.4 is 5.63 Å². The van der Waals surface area contributed by atoms with E-state index in [1.807, 2.05) is 19.1 Å². The number of amides is 1. The van der Waals surface area contributed by atoms with Gasteiger partial charge in [0.1, 0.15) is 5.58 Å². The van der Waals surface area contributed by atoms with Gasteiger partial charge in [-0.25, -0.2) is 4.79 Å². The lowest BCUT2D eigenvalue weighted by atomic mass is 10.1. The molecule has 5 nitrogen and oxygen atoms in total. The Hall–Kier alpha value is -1.85. The molecule has 1 aliphatic rings. The molecule has 0 N–H and O–H groups in total. The first-order valence-corrected chi connectivity index (χ1v) is 8.99. The zero-order valence-corrected chi connectivity index (χ0v) is 15.6. The van der Waals surface area contributed by atoms with Crippen molar-refractivity contribution in [3.8, 4) is 0 Å². The van der Waals surface area contributed by atoms with Crippen LogP contribution in [-0.2, 0) is 17.8 Å². The molecule has 134 valence electrons. The third kappa shape index (κ3) is 3.58. The quantitative estimate of drug-likeness (QED) is 0.784. The molecule has 1 amide bonds. The monoisotopic (exact) mass is 362 g/mol. The Bertz CT molecular complexity index is 860. The number of halogens is 1. The summed E-state index contributed by atoms with van der Waals surface area (Å²) in [4.78, 5) is 28.2. The van der Waals surface area contributed by atoms with Gasteiger partial charge < -0.3 is 9.32 Å². The minimum Gasteiger partial charge on any atom is -0.423 e. The Labute approximate surface area is 152 Å². The zero-order valence-electron chi connectivity index (χ0n) is 14.8. The van der Waals surface area contributed by atoms with E-state index in [1.165, 1.54) is 6.07 Å². The van der Waals surface area contributed by atoms with Gasteiger partial charge in [-0.15, -0.1) is 0 Å². The molecule has 1 atom stereocenters. The normalized spacial score (nSPS) is 18.0. The minimum atomic E-state index is -0.374. The molecular weight excluding hydrogens is 340 g/mol. The van der Waals surface area contributed by atoms with Crippen molar-refractivity contribution in [2.75, 3.05) is 20.6 Å². The van der Waals surface area contributed by atoms with Crippen LogP contribution in [-0.4, -0.2) is 42.4 Å². The fourth-order valence-electron chi connectivity index (χ4n) is 3.50. The predicted molar refractivity (Wildman–Crippen MR) is 99.0 cm³/mol. The molecule has 1 aromatic carbocycles. The second-order valence-corrected chi connectivity index (χ2v) is 7.15. The van der Waals surface area contributed by atoms with Gasteiger partial charge >= 0.3 is 5.63 Å². The van der Waals surface area contributed by atoms with Crippen molar-refractivity contribution in [3.63, 3.8) is 0 Å². The molecule has 25 heavy (non-hydrogen) atoms. The predicted octanol–water partition coefficient (Wildman–Crippen LogP) is 3.06. The molecule has 0 aliphatic carbocycles. The fourth-order valence-corrected chi connectivity index (χ4v) is 3.80. The molecule has 2 aromatic rings. The molecule has 0 radical (unpaired) electrons. The van der Waals surface area contributed by atoms with Crippen LogP contribution in [0.3, 0.4) is 0 Å². The average Bonchev–Trinajstić information content (AvgIpc) is 3.02. The Balaban J connectivity index is 1.99. The van der Waals surface area contributed by atoms with Crippen LogP contribution in [0.4, 0.5) is 0 Å². The Morgan fingerprint density at radius 2 is 2.08 bits per heavy atom. The summed E-state index contributed by atoms with van der Waals surface area (Å²) in [6.45, 7) is 3.39. The highest BCUT2D eigenvalue weighted by Crippen LogP contribution is 2.28. The van der Waals surface area contributed by atoms with Crippen molar-refractivity contribution in [2.45, 2.75) is 38.8 Å². The molecule has 3 rings (SSSR count). The third-order valence-corrected chi connectivity index (χ3v) is 5.19. The third-order valence-electron chi connectivity index (χ3n) is 4.84. The number of hydrogen-bond acceptors (Lipinski definition) is 4. The van der Waals surface area contributed by atoms with Gasteiger partial charge in [-0.2, -0.15) is 0 Å². The van der Waals surface area contributed by atoms with Crippen molar-refractivity contribution in [3.05, 3.63) is 44.8 Å². The molecule has 0 unspecified atom stereocenters. The summed E-state index contributed by atoms with van der Waals surface area (Å²) in [6.07, 6.45) is 2.59. The highest BCUT2D eigenvalue weighted by molar-refractivity contribution is 6.32. The van der Waals surface area contributed by atoms with E-state index in [4.69, 9.17) is 16.0 Å². The molecule has 1 aromatic heterocycles. The van der Waals surface area contributed by atoms with Gasteiger partial charge in [0.15, 0.2) is 0 Å². The van der Waals surface area contributed by atoms with Crippen LogP contribution in [0.5, 0.6) is 0 Å². The lowest BCUT2D eigenvalue weighted by molar-refractivity contribution is -0.133. The Kier molecular flexibility index (Phi) is 5.16. The van der Waals surface area contributed by atoms with Crippen LogP contribution >= 0.6 is 11.6 Å². The maximum atomic E-state index is 12.4. The number of nitrogens with zero attached hydrogens (tertiary/aromatic N) is 2. The minimum absolute atomic E-state index is 0.107. The summed E-state index contributed by atoms with van der Waals surface area (Å²) < 4.78 is 5.37. The molecule has 1 fully saturated rings. The number of carbonyl (C=O) groups is 1. The Morgan fingerprint density at radius 1 is 1.32 bits per heavy atom. The highest BCUT2D eigenvalue weighted by atomic mass is 35.5. The van der Waals surface area contributed by atoms with Gasteiger partial charge in [-0.05, 0) is 49.1 Å². The number of benzene rings is 1. The summed E-state index contributed by atoms with van der Waals surface area (Å²) in [5.74, 6) is 0.107. The number of aryl methyl sites for hydroxylation is 1. The summed E-state index contributed by atoms with van der Waals surface area (Å²) >= 11 is 6.36. The lowest BCUT2D eigenvalue weighted by Crippen LogP contribution is -2.42. The van der Waals surface area contributed by atoms with Gasteiger partial charge in [-0.1, -0.05) is 18.5 Å². The molecule has 1 saturated heterocycles. The van der Waals surface area contributed by atoms with Gasteiger partial charge in [0.05, 0.1) is 6.04 Å². The first-order chi connectivity index (χ1) is 11.9. The number of rotatable bonds is 4. The smallest absolute Gasteiger partial charge is 0.336 e. The second kappa shape index (κ2) is 7.18. The number of fused-ring (bicyclic) bond motifs is 1. The number of carbonyl (C=O) groups excluding carboxylic acids is 1. The summed E-state index contributed by atoms with van der Waals surface area (Å²) in [5, 5.41) is 1.51. The summed E-state index contributed by atoms with van der Waals surface area (Å²) in [6, 6.07) is 5.09. The van der Waals surface area contributed by atoms with E-state index < -0.39 is 0 Å². The largest absolute Gasteiger partial charge is 0.423 e. The van der Waals surface area contributed by atoms with Crippen LogP contribution in [0, 0.1) is 0 Å². The highest BCUT2D eigenvalue weighted by Gasteiger charge is 2.32. The van der Waals surface area contributed by atoms with Crippen LogP contribution in [0.15, 0.2) is 27.4 Å². The van der Waals surface area contributed by atoms with Crippen LogP contribution in [0.2, 0.25) is 5.02 Å². The van der Waals surface area contributed by atoms with E-state index in [0.29, 0.717) is 17.2 Å². The van der Waals surface area contributed by atoms with E-state index in [1.54, 1.807) is 19.0 Å². The van der Waals surface area contributed by atoms with Gasteiger partial charge in [0, 0.05) is 37.1 Å². The maximum absolute atomic E-state index is 12.4. The van der Waals surface area contributed by atoms with Crippen molar-refractivity contribution in [1.29, 1.82) is 0 Å². The van der Waals surface area contributed by atoms with E-state index >= 15 is 0 Å². The van der Waals surface area contributed by atoms with Crippen molar-refractivity contribution in [1.82, 2.24) is 9.80 Å². The van der Waals surface area contributed by atoms with E-state index in [2.05, 4.69) is 4.90 Å². The summed E-state index contributed by atoms with van der Waals surface area (Å²) in [7, 11) is 3.55. The molecule has 0 saturated carbocycles. The van der Waals surface area contributed by atoms with E-state index in [-0.39, 0.29) is 17.6 Å². The van der Waals surface area contributed by atoms with Crippen molar-refractivity contribution < 1.29 is 9.21 Å². The van der Waals surface area contributed by atoms with E-state index in [0.717, 1.165) is 42.3 Å². The summed E-state index contributed by atoms with van der Waals surface area (Å²) in [5.41, 5.74) is 1.99. The fraction of sp³-hybridized carbons (Fsp3) is 0.474. The Morgan fingerprint density at radius 3 is 2.76 bits per heavy atom. The second-order valence-electron chi connectivity index (χ2n) is 6.75. The van der Waals surface area contributed by atoms with Crippen molar-refractivity contribution in [2.24, 2.45) is 0 Å². The van der Waals surface area contributed by atoms with Crippen molar-refractivity contribution >= 4 is 28.5 Å². The number of likely N-dealkylation sites (N-methyl/N-ethyl adjacent to an activating group) is 1. The molecule has 6 heteroatoms. The molecular formula is C19H23ClN2O3. The molecule has 2 heterocycles. The number of likely N-dealkylation sites (tertiary alicyclic amines) is 1. The van der Waals surface area contributed by atoms with Gasteiger partial charge in [0.2, 0.25) is 5.91 Å². The zero-order chi connectivity index (χ0) is 18.1. The van der Waals surface area contributed by atoms with Gasteiger partial charge in [0.25, 0.3) is 0 Å². The number of hydrogen-bond donors (Lipinski definition) is 0. The maximum Gasteiger partial charge on any atom is 0.336 e. The van der Waals surface area contributed by atoms with E-state index in [9.17, 15) is 9.59 Å². The first kappa shape index (κ1) is 18.0. The average molecular weight is 363 g/mol. The van der Waals surface area contributed by atoms with Crippen LogP contribution in [0.25, 0.3) is 11.0 Å². The molecule has 1 aliphatic heterocycles. The van der Waals surface area contributed by atoms with Crippen LogP contribution in [0.1, 0.15) is 30.9 Å².